The molecule has 0 aliphatic carbocycles. The number of hydrogen-bond donors (Lipinski definition) is 0. The summed E-state index contributed by atoms with van der Waals surface area (Å²) in [6.07, 6.45) is 0. The predicted octanol–water partition coefficient (Wildman–Crippen LogP) is 2.70. The molecular formula is C18H19N5O. The molecule has 0 saturated carbocycles. The van der Waals surface area contributed by atoms with Crippen LogP contribution in [0.4, 0.5) is 5.69 Å². The van der Waals surface area contributed by atoms with Crippen LogP contribution in [-0.2, 0) is 11.3 Å². The molecule has 3 rings (SSSR count). The Morgan fingerprint density at radius 3 is 2.46 bits per heavy atom. The second kappa shape index (κ2) is 7.04. The van der Waals surface area contributed by atoms with Gasteiger partial charge in [-0.05, 0) is 31.2 Å². The van der Waals surface area contributed by atoms with E-state index >= 15 is 0 Å². The van der Waals surface area contributed by atoms with E-state index in [0.29, 0.717) is 12.4 Å². The summed E-state index contributed by atoms with van der Waals surface area (Å²) in [5, 5.41) is 12.3. The van der Waals surface area contributed by atoms with E-state index in [-0.39, 0.29) is 12.5 Å². The maximum absolute atomic E-state index is 12.5. The van der Waals surface area contributed by atoms with Crippen molar-refractivity contribution >= 4 is 11.6 Å². The Hall–Kier alpha value is -3.02. The van der Waals surface area contributed by atoms with Gasteiger partial charge in [0.2, 0.25) is 5.82 Å². The molecule has 1 heterocycles. The first-order valence-electron chi connectivity index (χ1n) is 7.87. The highest BCUT2D eigenvalue weighted by Crippen LogP contribution is 2.15. The predicted molar refractivity (Wildman–Crippen MR) is 92.5 cm³/mol. The van der Waals surface area contributed by atoms with Crippen LogP contribution >= 0.6 is 0 Å². The number of carbonyl (C=O) groups is 1. The van der Waals surface area contributed by atoms with Gasteiger partial charge in [0.15, 0.2) is 0 Å². The second-order valence-electron chi connectivity index (χ2n) is 5.48. The molecule has 122 valence electrons. The molecular weight excluding hydrogens is 302 g/mol. The first-order chi connectivity index (χ1) is 11.7. The normalized spacial score (nSPS) is 10.6. The van der Waals surface area contributed by atoms with Crippen LogP contribution in [0, 0.1) is 6.92 Å². The number of nitrogens with zero attached hydrogens (tertiary/aromatic N) is 5. The lowest BCUT2D eigenvalue weighted by Gasteiger charge is -2.20. The molecule has 6 heteroatoms. The van der Waals surface area contributed by atoms with Crippen LogP contribution in [0.2, 0.25) is 0 Å². The highest BCUT2D eigenvalue weighted by atomic mass is 16.2. The van der Waals surface area contributed by atoms with E-state index in [4.69, 9.17) is 0 Å². The number of amides is 1. The van der Waals surface area contributed by atoms with Crippen molar-refractivity contribution in [3.63, 3.8) is 0 Å². The summed E-state index contributed by atoms with van der Waals surface area (Å²) in [6.45, 7) is 4.61. The van der Waals surface area contributed by atoms with Gasteiger partial charge in [0.05, 0.1) is 0 Å². The van der Waals surface area contributed by atoms with E-state index in [0.717, 1.165) is 11.3 Å². The topological polar surface area (TPSA) is 63.9 Å². The average Bonchev–Trinajstić information content (AvgIpc) is 3.05. The molecule has 2 aromatic carbocycles. The largest absolute Gasteiger partial charge is 0.311 e. The molecule has 0 N–H and O–H groups in total. The van der Waals surface area contributed by atoms with Gasteiger partial charge in [-0.25, -0.2) is 0 Å². The van der Waals surface area contributed by atoms with Crippen molar-refractivity contribution in [1.29, 1.82) is 0 Å². The summed E-state index contributed by atoms with van der Waals surface area (Å²) in [5.41, 5.74) is 2.92. The number of tetrazole rings is 1. The molecule has 0 unspecified atom stereocenters. The zero-order valence-corrected chi connectivity index (χ0v) is 13.8. The van der Waals surface area contributed by atoms with Gasteiger partial charge in [-0.15, -0.1) is 10.2 Å². The van der Waals surface area contributed by atoms with Crippen molar-refractivity contribution in [3.05, 3.63) is 60.2 Å². The zero-order chi connectivity index (χ0) is 16.9. The van der Waals surface area contributed by atoms with Gasteiger partial charge in [0.25, 0.3) is 5.91 Å². The number of anilines is 1. The standard InChI is InChI=1S/C18H19N5O/c1-3-22(16-7-5-4-6-8-16)17(24)13-23-20-18(19-21-23)15-11-9-14(2)10-12-15/h4-12H,3,13H2,1-2H3. The van der Waals surface area contributed by atoms with E-state index < -0.39 is 0 Å². The number of para-hydroxylation sites is 1. The maximum Gasteiger partial charge on any atom is 0.250 e. The molecule has 0 bridgehead atoms. The van der Waals surface area contributed by atoms with Crippen LogP contribution in [0.3, 0.4) is 0 Å². The number of benzene rings is 2. The lowest BCUT2D eigenvalue weighted by atomic mass is 10.1. The molecule has 6 nitrogen and oxygen atoms in total. The number of likely N-dealkylation sites (N-methyl/N-ethyl adjacent to an activating group) is 1. The number of carbonyl (C=O) groups excluding carboxylic acids is 1. The van der Waals surface area contributed by atoms with Crippen molar-refractivity contribution in [3.8, 4) is 11.4 Å². The molecule has 1 aromatic heterocycles. The Balaban J connectivity index is 1.74. The quantitative estimate of drug-likeness (QED) is 0.725. The van der Waals surface area contributed by atoms with Crippen LogP contribution < -0.4 is 4.90 Å². The third kappa shape index (κ3) is 3.48. The second-order valence-corrected chi connectivity index (χ2v) is 5.48. The highest BCUT2D eigenvalue weighted by molar-refractivity contribution is 5.92. The summed E-state index contributed by atoms with van der Waals surface area (Å²) in [4.78, 5) is 15.6. The fourth-order valence-electron chi connectivity index (χ4n) is 2.45. The molecule has 24 heavy (non-hydrogen) atoms. The Kier molecular flexibility index (Phi) is 4.65. The van der Waals surface area contributed by atoms with Crippen molar-refractivity contribution in [2.75, 3.05) is 11.4 Å². The smallest absolute Gasteiger partial charge is 0.250 e. The van der Waals surface area contributed by atoms with Gasteiger partial charge in [-0.3, -0.25) is 4.79 Å². The molecule has 0 aliphatic rings. The van der Waals surface area contributed by atoms with Crippen LogP contribution in [0.15, 0.2) is 54.6 Å². The number of hydrogen-bond acceptors (Lipinski definition) is 4. The summed E-state index contributed by atoms with van der Waals surface area (Å²) in [5.74, 6) is 0.446. The SMILES string of the molecule is CCN(C(=O)Cn1nnc(-c2ccc(C)cc2)n1)c1ccccc1. The Morgan fingerprint density at radius 1 is 1.08 bits per heavy atom. The first-order valence-corrected chi connectivity index (χ1v) is 7.87. The molecule has 1 amide bonds. The van der Waals surface area contributed by atoms with E-state index in [1.807, 2.05) is 68.4 Å². The lowest BCUT2D eigenvalue weighted by Crippen LogP contribution is -2.34. The molecule has 0 saturated heterocycles. The van der Waals surface area contributed by atoms with Gasteiger partial charge in [0, 0.05) is 17.8 Å². The first kappa shape index (κ1) is 15.9. The van der Waals surface area contributed by atoms with E-state index in [2.05, 4.69) is 15.4 Å². The van der Waals surface area contributed by atoms with Crippen LogP contribution in [0.5, 0.6) is 0 Å². The van der Waals surface area contributed by atoms with E-state index in [1.54, 1.807) is 4.90 Å². The zero-order valence-electron chi connectivity index (χ0n) is 13.8. The summed E-state index contributed by atoms with van der Waals surface area (Å²) in [7, 11) is 0. The van der Waals surface area contributed by atoms with Crippen molar-refractivity contribution in [2.45, 2.75) is 20.4 Å². The average molecular weight is 321 g/mol. The fourth-order valence-corrected chi connectivity index (χ4v) is 2.45. The third-order valence-corrected chi connectivity index (χ3v) is 3.72. The maximum atomic E-state index is 12.5. The molecule has 0 fully saturated rings. The van der Waals surface area contributed by atoms with Crippen LogP contribution in [-0.4, -0.2) is 32.7 Å². The summed E-state index contributed by atoms with van der Waals surface area (Å²) >= 11 is 0. The Morgan fingerprint density at radius 2 is 1.79 bits per heavy atom. The molecule has 3 aromatic rings. The minimum Gasteiger partial charge on any atom is -0.311 e. The van der Waals surface area contributed by atoms with Crippen LogP contribution in [0.1, 0.15) is 12.5 Å². The van der Waals surface area contributed by atoms with Gasteiger partial charge in [0.1, 0.15) is 6.54 Å². The monoisotopic (exact) mass is 321 g/mol. The Bertz CT molecular complexity index is 811. The molecule has 0 spiro atoms. The third-order valence-electron chi connectivity index (χ3n) is 3.72. The van der Waals surface area contributed by atoms with Crippen molar-refractivity contribution in [2.24, 2.45) is 0 Å². The fraction of sp³-hybridized carbons (Fsp3) is 0.222. The minimum atomic E-state index is -0.0726. The Labute approximate surface area is 140 Å². The van der Waals surface area contributed by atoms with E-state index in [1.165, 1.54) is 10.4 Å². The number of aryl methyl sites for hydroxylation is 1. The minimum absolute atomic E-state index is 0.0571. The van der Waals surface area contributed by atoms with E-state index in [9.17, 15) is 4.79 Å². The molecule has 0 aliphatic heterocycles. The van der Waals surface area contributed by atoms with Crippen molar-refractivity contribution in [1.82, 2.24) is 20.2 Å². The highest BCUT2D eigenvalue weighted by Gasteiger charge is 2.16. The summed E-state index contributed by atoms with van der Waals surface area (Å²) in [6, 6.07) is 17.5. The van der Waals surface area contributed by atoms with Crippen LogP contribution in [0.25, 0.3) is 11.4 Å². The van der Waals surface area contributed by atoms with Gasteiger partial charge in [-0.1, -0.05) is 48.0 Å². The number of aromatic nitrogens is 4. The van der Waals surface area contributed by atoms with Gasteiger partial charge >= 0.3 is 0 Å². The van der Waals surface area contributed by atoms with Gasteiger partial charge < -0.3 is 4.90 Å². The van der Waals surface area contributed by atoms with Gasteiger partial charge in [-0.2, -0.15) is 4.80 Å². The molecule has 0 atom stereocenters. The van der Waals surface area contributed by atoms with Crippen molar-refractivity contribution < 1.29 is 4.79 Å². The molecule has 0 radical (unpaired) electrons. The number of rotatable bonds is 5. The summed E-state index contributed by atoms with van der Waals surface area (Å²) < 4.78 is 0. The lowest BCUT2D eigenvalue weighted by molar-refractivity contribution is -0.119.